The van der Waals surface area contributed by atoms with Crippen LogP contribution >= 0.6 is 11.6 Å². The van der Waals surface area contributed by atoms with Crippen molar-refractivity contribution in [1.29, 1.82) is 0 Å². The number of piperidine rings is 1. The highest BCUT2D eigenvalue weighted by atomic mass is 35.5. The van der Waals surface area contributed by atoms with Crippen LogP contribution in [0.25, 0.3) is 0 Å². The highest BCUT2D eigenvalue weighted by molar-refractivity contribution is 6.32. The first-order chi connectivity index (χ1) is 16.7. The summed E-state index contributed by atoms with van der Waals surface area (Å²) in [5.74, 6) is 0.663. The zero-order valence-electron chi connectivity index (χ0n) is 21.0. The van der Waals surface area contributed by atoms with E-state index in [2.05, 4.69) is 34.5 Å². The van der Waals surface area contributed by atoms with E-state index in [-0.39, 0.29) is 11.9 Å². The number of ketones is 1. The van der Waals surface area contributed by atoms with Crippen molar-refractivity contribution < 1.29 is 19.1 Å². The standard InChI is InChI=1S/C28H37ClN2O4/c1-28(2,3)35-27(33)30-16-8-7-11-25(32)22-12-13-26(24(29)19-22)34-23-14-17-31(18-15-23)20-21-9-5-4-6-10-21/h4-6,9-10,12-13,19,23H,7-8,11,14-18,20H2,1-3H3,(H,30,33). The molecule has 1 aliphatic heterocycles. The van der Waals surface area contributed by atoms with Gasteiger partial charge in [-0.15, -0.1) is 0 Å². The van der Waals surface area contributed by atoms with Crippen LogP contribution in [0.2, 0.25) is 5.02 Å². The number of alkyl carbamates (subject to hydrolysis) is 1. The highest BCUT2D eigenvalue weighted by Gasteiger charge is 2.22. The summed E-state index contributed by atoms with van der Waals surface area (Å²) in [6.45, 7) is 8.86. The van der Waals surface area contributed by atoms with Gasteiger partial charge in [-0.3, -0.25) is 9.69 Å². The molecule has 0 bridgehead atoms. The largest absolute Gasteiger partial charge is 0.489 e. The van der Waals surface area contributed by atoms with Crippen LogP contribution in [0, 0.1) is 0 Å². The Bertz CT molecular complexity index is 967. The second-order valence-corrected chi connectivity index (χ2v) is 10.4. The predicted octanol–water partition coefficient (Wildman–Crippen LogP) is 6.26. The minimum absolute atomic E-state index is 0.0324. The van der Waals surface area contributed by atoms with Crippen molar-refractivity contribution in [2.75, 3.05) is 19.6 Å². The van der Waals surface area contributed by atoms with Gasteiger partial charge in [-0.1, -0.05) is 41.9 Å². The molecule has 0 spiro atoms. The molecule has 1 heterocycles. The van der Waals surface area contributed by atoms with Crippen LogP contribution in [0.3, 0.4) is 0 Å². The topological polar surface area (TPSA) is 67.9 Å². The molecule has 2 aromatic carbocycles. The van der Waals surface area contributed by atoms with Crippen molar-refractivity contribution in [1.82, 2.24) is 10.2 Å². The zero-order valence-corrected chi connectivity index (χ0v) is 21.8. The molecule has 2 aromatic rings. The van der Waals surface area contributed by atoms with E-state index in [0.29, 0.717) is 42.1 Å². The predicted molar refractivity (Wildman–Crippen MR) is 139 cm³/mol. The van der Waals surface area contributed by atoms with Crippen LogP contribution in [0.5, 0.6) is 5.75 Å². The monoisotopic (exact) mass is 500 g/mol. The average Bonchev–Trinajstić information content (AvgIpc) is 2.81. The Morgan fingerprint density at radius 3 is 2.43 bits per heavy atom. The van der Waals surface area contributed by atoms with E-state index >= 15 is 0 Å². The normalized spacial score (nSPS) is 15.0. The van der Waals surface area contributed by atoms with Gasteiger partial charge in [-0.2, -0.15) is 0 Å². The first kappa shape index (κ1) is 27.0. The van der Waals surface area contributed by atoms with Gasteiger partial charge in [0.25, 0.3) is 0 Å². The third kappa shape index (κ3) is 9.54. The van der Waals surface area contributed by atoms with E-state index in [1.54, 1.807) is 18.2 Å². The van der Waals surface area contributed by atoms with Crippen molar-refractivity contribution in [3.05, 3.63) is 64.7 Å². The van der Waals surface area contributed by atoms with Crippen molar-refractivity contribution >= 4 is 23.5 Å². The van der Waals surface area contributed by atoms with Gasteiger partial charge in [-0.05, 0) is 70.2 Å². The summed E-state index contributed by atoms with van der Waals surface area (Å²) in [5, 5.41) is 3.18. The van der Waals surface area contributed by atoms with E-state index in [1.807, 2.05) is 26.8 Å². The van der Waals surface area contributed by atoms with Crippen LogP contribution in [-0.4, -0.2) is 48.1 Å². The molecule has 7 heteroatoms. The molecule has 1 amide bonds. The summed E-state index contributed by atoms with van der Waals surface area (Å²) in [7, 11) is 0. The van der Waals surface area contributed by atoms with E-state index in [4.69, 9.17) is 21.1 Å². The lowest BCUT2D eigenvalue weighted by Gasteiger charge is -2.32. The maximum absolute atomic E-state index is 12.6. The van der Waals surface area contributed by atoms with Crippen molar-refractivity contribution in [2.24, 2.45) is 0 Å². The summed E-state index contributed by atoms with van der Waals surface area (Å²) in [5.41, 5.74) is 1.39. The van der Waals surface area contributed by atoms with Crippen molar-refractivity contribution in [3.63, 3.8) is 0 Å². The zero-order chi connectivity index (χ0) is 25.3. The molecule has 3 rings (SSSR count). The van der Waals surface area contributed by atoms with Crippen molar-refractivity contribution in [3.8, 4) is 5.75 Å². The number of halogens is 1. The number of unbranched alkanes of at least 4 members (excludes halogenated alkanes) is 1. The number of likely N-dealkylation sites (tertiary alicyclic amines) is 1. The Kier molecular flexibility index (Phi) is 9.99. The molecule has 0 radical (unpaired) electrons. The molecule has 190 valence electrons. The van der Waals surface area contributed by atoms with Crippen LogP contribution in [0.4, 0.5) is 4.79 Å². The maximum Gasteiger partial charge on any atom is 0.407 e. The van der Waals surface area contributed by atoms with Crippen LogP contribution in [-0.2, 0) is 11.3 Å². The van der Waals surface area contributed by atoms with Crippen LogP contribution < -0.4 is 10.1 Å². The number of nitrogens with one attached hydrogen (secondary N) is 1. The SMILES string of the molecule is CC(C)(C)OC(=O)NCCCCC(=O)c1ccc(OC2CCN(Cc3ccccc3)CC2)c(Cl)c1. The van der Waals surface area contributed by atoms with Gasteiger partial charge < -0.3 is 14.8 Å². The van der Waals surface area contributed by atoms with Gasteiger partial charge in [0.2, 0.25) is 0 Å². The first-order valence-electron chi connectivity index (χ1n) is 12.4. The molecule has 6 nitrogen and oxygen atoms in total. The molecule has 1 aliphatic rings. The summed E-state index contributed by atoms with van der Waals surface area (Å²) < 4.78 is 11.4. The van der Waals surface area contributed by atoms with Crippen molar-refractivity contribution in [2.45, 2.75) is 71.1 Å². The minimum atomic E-state index is -0.519. The third-order valence-corrected chi connectivity index (χ3v) is 6.13. The number of hydrogen-bond donors (Lipinski definition) is 1. The third-order valence-electron chi connectivity index (χ3n) is 5.83. The molecule has 0 atom stereocenters. The number of amides is 1. The number of nitrogens with zero attached hydrogens (tertiary/aromatic N) is 1. The summed E-state index contributed by atoms with van der Waals surface area (Å²) >= 11 is 6.45. The smallest absolute Gasteiger partial charge is 0.407 e. The lowest BCUT2D eigenvalue weighted by atomic mass is 10.0. The fourth-order valence-corrected chi connectivity index (χ4v) is 4.26. The number of carbonyl (C=O) groups is 2. The fraction of sp³-hybridized carbons (Fsp3) is 0.500. The van der Waals surface area contributed by atoms with E-state index < -0.39 is 11.7 Å². The number of Topliss-reactive ketones (excluding diaryl/α,β-unsaturated/α-hetero) is 1. The molecule has 0 aliphatic carbocycles. The Morgan fingerprint density at radius 2 is 1.77 bits per heavy atom. The summed E-state index contributed by atoms with van der Waals surface area (Å²) in [6.07, 6.45) is 3.34. The average molecular weight is 501 g/mol. The number of benzene rings is 2. The Labute approximate surface area is 213 Å². The minimum Gasteiger partial charge on any atom is -0.489 e. The molecular formula is C28H37ClN2O4. The van der Waals surface area contributed by atoms with Crippen LogP contribution in [0.15, 0.2) is 48.5 Å². The fourth-order valence-electron chi connectivity index (χ4n) is 4.04. The highest BCUT2D eigenvalue weighted by Crippen LogP contribution is 2.29. The number of hydrogen-bond acceptors (Lipinski definition) is 5. The molecular weight excluding hydrogens is 464 g/mol. The molecule has 0 aromatic heterocycles. The van der Waals surface area contributed by atoms with Gasteiger partial charge in [0, 0.05) is 38.2 Å². The summed E-state index contributed by atoms with van der Waals surface area (Å²) in [6, 6.07) is 15.8. The lowest BCUT2D eigenvalue weighted by Crippen LogP contribution is -2.37. The number of carbonyl (C=O) groups excluding carboxylic acids is 2. The maximum atomic E-state index is 12.6. The molecule has 0 saturated carbocycles. The first-order valence-corrected chi connectivity index (χ1v) is 12.8. The lowest BCUT2D eigenvalue weighted by molar-refractivity contribution is 0.0527. The van der Waals surface area contributed by atoms with Crippen LogP contribution in [0.1, 0.15) is 68.8 Å². The quantitative estimate of drug-likeness (QED) is 0.308. The number of rotatable bonds is 10. The Balaban J connectivity index is 1.37. The molecule has 0 unspecified atom stereocenters. The molecule has 1 fully saturated rings. The van der Waals surface area contributed by atoms with Gasteiger partial charge in [-0.25, -0.2) is 4.79 Å². The van der Waals surface area contributed by atoms with Gasteiger partial charge in [0.1, 0.15) is 17.5 Å². The Hall–Kier alpha value is -2.57. The molecule has 35 heavy (non-hydrogen) atoms. The molecule has 1 saturated heterocycles. The number of ether oxygens (including phenoxy) is 2. The van der Waals surface area contributed by atoms with Gasteiger partial charge >= 0.3 is 6.09 Å². The van der Waals surface area contributed by atoms with E-state index in [0.717, 1.165) is 32.5 Å². The Morgan fingerprint density at radius 1 is 1.06 bits per heavy atom. The van der Waals surface area contributed by atoms with Gasteiger partial charge in [0.05, 0.1) is 5.02 Å². The second kappa shape index (κ2) is 12.9. The van der Waals surface area contributed by atoms with Gasteiger partial charge in [0.15, 0.2) is 5.78 Å². The second-order valence-electron chi connectivity index (χ2n) is 10.0. The molecule has 1 N–H and O–H groups in total. The van der Waals surface area contributed by atoms with E-state index in [9.17, 15) is 9.59 Å². The van der Waals surface area contributed by atoms with E-state index in [1.165, 1.54) is 5.56 Å². The summed E-state index contributed by atoms with van der Waals surface area (Å²) in [4.78, 5) is 26.6.